The summed E-state index contributed by atoms with van der Waals surface area (Å²) in [6, 6.07) is 11.1. The highest BCUT2D eigenvalue weighted by atomic mass is 16.6. The number of aliphatic hydroxyl groups excluding tert-OH is 1. The Morgan fingerprint density at radius 2 is 1.94 bits per heavy atom. The number of nitrogens with one attached hydrogen (secondary N) is 1. The van der Waals surface area contributed by atoms with Crippen LogP contribution < -0.4 is 5.32 Å². The summed E-state index contributed by atoms with van der Waals surface area (Å²) in [5, 5.41) is 15.2. The first-order valence-electron chi connectivity index (χ1n) is 12.5. The molecule has 5 nitrogen and oxygen atoms in total. The van der Waals surface area contributed by atoms with E-state index in [0.29, 0.717) is 18.5 Å². The number of allylic oxidation sites excluding steroid dienone is 1. The number of esters is 1. The first-order valence-corrected chi connectivity index (χ1v) is 12.5. The van der Waals surface area contributed by atoms with Gasteiger partial charge in [0, 0.05) is 36.9 Å². The van der Waals surface area contributed by atoms with Crippen LogP contribution in [-0.2, 0) is 16.1 Å². The van der Waals surface area contributed by atoms with E-state index in [-0.39, 0.29) is 29.3 Å². The van der Waals surface area contributed by atoms with Crippen LogP contribution in [0.3, 0.4) is 0 Å². The monoisotopic (exact) mass is 438 g/mol. The second-order valence-corrected chi connectivity index (χ2v) is 10.7. The summed E-state index contributed by atoms with van der Waals surface area (Å²) in [6.07, 6.45) is 6.76. The molecule has 1 aromatic carbocycles. The largest absolute Gasteiger partial charge is 0.461 e. The fourth-order valence-electron chi connectivity index (χ4n) is 6.73. The smallest absolute Gasteiger partial charge is 0.311 e. The Kier molecular flexibility index (Phi) is 6.17. The zero-order valence-electron chi connectivity index (χ0n) is 19.5. The maximum Gasteiger partial charge on any atom is 0.311 e. The van der Waals surface area contributed by atoms with E-state index in [1.807, 2.05) is 0 Å². The average molecular weight is 439 g/mol. The maximum absolute atomic E-state index is 12.8. The molecule has 0 bridgehead atoms. The third-order valence-electron chi connectivity index (χ3n) is 9.03. The van der Waals surface area contributed by atoms with Crippen molar-refractivity contribution < 1.29 is 14.6 Å². The molecule has 2 saturated heterocycles. The Morgan fingerprint density at radius 3 is 2.69 bits per heavy atom. The molecule has 6 atom stereocenters. The Bertz CT molecular complexity index is 848. The summed E-state index contributed by atoms with van der Waals surface area (Å²) in [5.74, 6) is -0.0408. The molecule has 0 radical (unpaired) electrons. The van der Waals surface area contributed by atoms with Gasteiger partial charge >= 0.3 is 5.97 Å². The minimum absolute atomic E-state index is 0.101. The van der Waals surface area contributed by atoms with Crippen molar-refractivity contribution in [1.82, 2.24) is 10.2 Å². The fraction of sp³-hybridized carbons (Fsp3) is 0.667. The van der Waals surface area contributed by atoms with Crippen molar-refractivity contribution in [2.75, 3.05) is 19.6 Å². The van der Waals surface area contributed by atoms with Crippen molar-refractivity contribution >= 4 is 5.97 Å². The third-order valence-corrected chi connectivity index (χ3v) is 9.03. The van der Waals surface area contributed by atoms with Crippen molar-refractivity contribution in [1.29, 1.82) is 0 Å². The van der Waals surface area contributed by atoms with E-state index < -0.39 is 6.10 Å². The molecule has 2 heterocycles. The van der Waals surface area contributed by atoms with E-state index in [1.54, 1.807) is 0 Å². The molecule has 3 fully saturated rings. The number of hydrogen-bond donors (Lipinski definition) is 2. The lowest BCUT2D eigenvalue weighted by atomic mass is 9.55. The van der Waals surface area contributed by atoms with Gasteiger partial charge in [0.15, 0.2) is 0 Å². The van der Waals surface area contributed by atoms with Crippen LogP contribution in [0.15, 0.2) is 42.0 Å². The molecule has 5 heteroatoms. The standard InChI is InChI=1S/C27H38N2O3/c1-18-7-6-10-20-15-23-24(25(30)27(18,20)2)22(26(31)32-23)16-28-21-11-13-29(14-12-21)17-19-8-4-3-5-9-19/h3-5,8-10,18,21-25,28,30H,6-7,11-17H2,1-2H3/t18-,22?,23+,24+,25-,27+/m0/s1. The minimum Gasteiger partial charge on any atom is -0.461 e. The van der Waals surface area contributed by atoms with Crippen molar-refractivity contribution in [2.45, 2.75) is 70.7 Å². The summed E-state index contributed by atoms with van der Waals surface area (Å²) < 4.78 is 5.81. The highest BCUT2D eigenvalue weighted by Crippen LogP contribution is 2.55. The summed E-state index contributed by atoms with van der Waals surface area (Å²) in [6.45, 7) is 8.22. The average Bonchev–Trinajstić information content (AvgIpc) is 3.11. The second kappa shape index (κ2) is 8.92. The SMILES string of the molecule is C[C@H]1CCC=C2C[C@H]3OC(=O)C(CNC4CCN(Cc5ccccc5)CC4)[C@H]3[C@H](O)[C@@]21C. The second-order valence-electron chi connectivity index (χ2n) is 10.7. The topological polar surface area (TPSA) is 61.8 Å². The number of fused-ring (bicyclic) bond motifs is 2. The number of nitrogens with zero attached hydrogens (tertiary/aromatic N) is 1. The fourth-order valence-corrected chi connectivity index (χ4v) is 6.73. The molecular formula is C27H38N2O3. The van der Waals surface area contributed by atoms with Crippen LogP contribution in [0.2, 0.25) is 0 Å². The van der Waals surface area contributed by atoms with Gasteiger partial charge in [-0.3, -0.25) is 9.69 Å². The molecule has 2 aliphatic heterocycles. The lowest BCUT2D eigenvalue weighted by molar-refractivity contribution is -0.144. The van der Waals surface area contributed by atoms with Crippen LogP contribution in [0, 0.1) is 23.2 Å². The number of aliphatic hydroxyl groups is 1. The molecule has 1 saturated carbocycles. The minimum atomic E-state index is -0.520. The molecule has 0 aromatic heterocycles. The number of likely N-dealkylation sites (tertiary alicyclic amines) is 1. The van der Waals surface area contributed by atoms with Crippen molar-refractivity contribution in [2.24, 2.45) is 23.2 Å². The molecule has 4 aliphatic rings. The predicted molar refractivity (Wildman–Crippen MR) is 125 cm³/mol. The van der Waals surface area contributed by atoms with E-state index in [1.165, 1.54) is 11.1 Å². The van der Waals surface area contributed by atoms with E-state index in [2.05, 4.69) is 60.5 Å². The number of hydrogen-bond acceptors (Lipinski definition) is 5. The summed E-state index contributed by atoms with van der Waals surface area (Å²) in [4.78, 5) is 15.3. The van der Waals surface area contributed by atoms with E-state index in [0.717, 1.165) is 51.7 Å². The molecule has 2 aliphatic carbocycles. The molecule has 5 rings (SSSR count). The molecular weight excluding hydrogens is 400 g/mol. The molecule has 1 aromatic rings. The van der Waals surface area contributed by atoms with Gasteiger partial charge in [0.05, 0.1) is 12.0 Å². The van der Waals surface area contributed by atoms with E-state index >= 15 is 0 Å². The lowest BCUT2D eigenvalue weighted by Gasteiger charge is -2.51. The highest BCUT2D eigenvalue weighted by Gasteiger charge is 2.59. The van der Waals surface area contributed by atoms with Gasteiger partial charge in [0.25, 0.3) is 0 Å². The van der Waals surface area contributed by atoms with Gasteiger partial charge in [-0.25, -0.2) is 0 Å². The number of carbonyl (C=O) groups excluding carboxylic acids is 1. The molecule has 174 valence electrons. The van der Waals surface area contributed by atoms with Gasteiger partial charge in [0.2, 0.25) is 0 Å². The first kappa shape index (κ1) is 22.1. The summed E-state index contributed by atoms with van der Waals surface area (Å²) >= 11 is 0. The zero-order valence-corrected chi connectivity index (χ0v) is 19.5. The first-order chi connectivity index (χ1) is 15.5. The van der Waals surface area contributed by atoms with E-state index in [4.69, 9.17) is 4.74 Å². The number of rotatable bonds is 5. The van der Waals surface area contributed by atoms with Gasteiger partial charge in [-0.15, -0.1) is 0 Å². The van der Waals surface area contributed by atoms with Crippen LogP contribution in [0.25, 0.3) is 0 Å². The van der Waals surface area contributed by atoms with Gasteiger partial charge < -0.3 is 15.2 Å². The van der Waals surface area contributed by atoms with Crippen LogP contribution in [0.4, 0.5) is 0 Å². The number of piperidine rings is 1. The highest BCUT2D eigenvalue weighted by molar-refractivity contribution is 5.76. The van der Waals surface area contributed by atoms with Crippen LogP contribution in [0.5, 0.6) is 0 Å². The predicted octanol–water partition coefficient (Wildman–Crippen LogP) is 3.53. The number of carbonyl (C=O) groups is 1. The Hall–Kier alpha value is -1.69. The summed E-state index contributed by atoms with van der Waals surface area (Å²) in [7, 11) is 0. The van der Waals surface area contributed by atoms with Gasteiger partial charge in [-0.05, 0) is 50.3 Å². The van der Waals surface area contributed by atoms with E-state index in [9.17, 15) is 9.90 Å². The molecule has 0 spiro atoms. The number of benzene rings is 1. The van der Waals surface area contributed by atoms with Crippen molar-refractivity contribution in [3.63, 3.8) is 0 Å². The van der Waals surface area contributed by atoms with Crippen LogP contribution >= 0.6 is 0 Å². The lowest BCUT2D eigenvalue weighted by Crippen LogP contribution is -2.55. The normalized spacial score (nSPS) is 38.0. The Labute approximate surface area is 192 Å². The van der Waals surface area contributed by atoms with Crippen LogP contribution in [-0.4, -0.2) is 53.9 Å². The van der Waals surface area contributed by atoms with Crippen LogP contribution in [0.1, 0.15) is 51.5 Å². The third kappa shape index (κ3) is 3.93. The van der Waals surface area contributed by atoms with Crippen molar-refractivity contribution in [3.05, 3.63) is 47.5 Å². The maximum atomic E-state index is 12.8. The molecule has 2 N–H and O–H groups in total. The Balaban J connectivity index is 1.18. The van der Waals surface area contributed by atoms with Crippen molar-refractivity contribution in [3.8, 4) is 0 Å². The molecule has 0 amide bonds. The number of ether oxygens (including phenoxy) is 1. The zero-order chi connectivity index (χ0) is 22.3. The summed E-state index contributed by atoms with van der Waals surface area (Å²) in [5.41, 5.74) is 2.44. The quantitative estimate of drug-likeness (QED) is 0.544. The molecule has 32 heavy (non-hydrogen) atoms. The Morgan fingerprint density at radius 1 is 1.19 bits per heavy atom. The van der Waals surface area contributed by atoms with Gasteiger partial charge in [-0.1, -0.05) is 55.8 Å². The van der Waals surface area contributed by atoms with Gasteiger partial charge in [0.1, 0.15) is 6.10 Å². The van der Waals surface area contributed by atoms with Gasteiger partial charge in [-0.2, -0.15) is 0 Å². The molecule has 1 unspecified atom stereocenters.